The SMILES string of the molecule is C=C(C)C(=O)C(CC)C(C)C. The Kier molecular flexibility index (Phi) is 4.09. The van der Waals surface area contributed by atoms with Crippen molar-refractivity contribution in [2.45, 2.75) is 34.1 Å². The van der Waals surface area contributed by atoms with E-state index in [0.717, 1.165) is 6.42 Å². The number of carbonyl (C=O) groups excluding carboxylic acids is 1. The highest BCUT2D eigenvalue weighted by Gasteiger charge is 2.19. The van der Waals surface area contributed by atoms with Crippen molar-refractivity contribution in [3.63, 3.8) is 0 Å². The summed E-state index contributed by atoms with van der Waals surface area (Å²) in [5.41, 5.74) is 0.686. The highest BCUT2D eigenvalue weighted by Crippen LogP contribution is 2.18. The molecule has 0 spiro atoms. The average molecular weight is 154 g/mol. The highest BCUT2D eigenvalue weighted by atomic mass is 16.1. The molecule has 0 aliphatic rings. The molecule has 0 amide bonds. The smallest absolute Gasteiger partial charge is 0.161 e. The van der Waals surface area contributed by atoms with E-state index in [4.69, 9.17) is 0 Å². The molecule has 0 heterocycles. The molecule has 0 aliphatic carbocycles. The summed E-state index contributed by atoms with van der Waals surface area (Å²) >= 11 is 0. The van der Waals surface area contributed by atoms with Gasteiger partial charge in [0, 0.05) is 5.92 Å². The Hall–Kier alpha value is -0.590. The van der Waals surface area contributed by atoms with Crippen molar-refractivity contribution >= 4 is 5.78 Å². The maximum absolute atomic E-state index is 11.4. The number of hydrogen-bond acceptors (Lipinski definition) is 1. The molecule has 1 nitrogen and oxygen atoms in total. The molecule has 0 aromatic heterocycles. The van der Waals surface area contributed by atoms with Gasteiger partial charge in [0.05, 0.1) is 0 Å². The summed E-state index contributed by atoms with van der Waals surface area (Å²) < 4.78 is 0. The summed E-state index contributed by atoms with van der Waals surface area (Å²) in [5, 5.41) is 0. The van der Waals surface area contributed by atoms with Crippen LogP contribution in [0.15, 0.2) is 12.2 Å². The number of allylic oxidation sites excluding steroid dienone is 1. The standard InChI is InChI=1S/C10H18O/c1-6-9(7(2)3)10(11)8(4)5/h7,9H,4,6H2,1-3,5H3. The van der Waals surface area contributed by atoms with Gasteiger partial charge in [0.15, 0.2) is 5.78 Å². The number of rotatable bonds is 4. The summed E-state index contributed by atoms with van der Waals surface area (Å²) in [5.74, 6) is 0.833. The van der Waals surface area contributed by atoms with E-state index in [1.807, 2.05) is 6.92 Å². The number of Topliss-reactive ketones (excluding diaryl/α,β-unsaturated/α-hetero) is 1. The number of ketones is 1. The molecule has 0 N–H and O–H groups in total. The molecule has 0 aromatic carbocycles. The van der Waals surface area contributed by atoms with Gasteiger partial charge in [-0.1, -0.05) is 27.4 Å². The minimum Gasteiger partial charge on any atom is -0.294 e. The van der Waals surface area contributed by atoms with Crippen LogP contribution in [0.5, 0.6) is 0 Å². The predicted octanol–water partition coefficient (Wildman–Crippen LogP) is 2.81. The Morgan fingerprint density at radius 3 is 2.00 bits per heavy atom. The fourth-order valence-corrected chi connectivity index (χ4v) is 1.28. The zero-order valence-corrected chi connectivity index (χ0v) is 7.98. The van der Waals surface area contributed by atoms with E-state index in [2.05, 4.69) is 20.4 Å². The molecule has 1 heteroatoms. The van der Waals surface area contributed by atoms with Crippen molar-refractivity contribution in [3.8, 4) is 0 Å². The molecule has 1 atom stereocenters. The van der Waals surface area contributed by atoms with Crippen molar-refractivity contribution < 1.29 is 4.79 Å². The fourth-order valence-electron chi connectivity index (χ4n) is 1.28. The van der Waals surface area contributed by atoms with Crippen LogP contribution in [0.3, 0.4) is 0 Å². The van der Waals surface area contributed by atoms with Crippen molar-refractivity contribution in [1.82, 2.24) is 0 Å². The van der Waals surface area contributed by atoms with E-state index in [9.17, 15) is 4.79 Å². The molecule has 1 unspecified atom stereocenters. The van der Waals surface area contributed by atoms with Gasteiger partial charge in [-0.3, -0.25) is 4.79 Å². The van der Waals surface area contributed by atoms with Crippen LogP contribution in [0.4, 0.5) is 0 Å². The molecule has 0 saturated heterocycles. The first-order valence-electron chi connectivity index (χ1n) is 4.20. The van der Waals surface area contributed by atoms with Crippen LogP contribution < -0.4 is 0 Å². The molecule has 0 fully saturated rings. The van der Waals surface area contributed by atoms with Crippen LogP contribution >= 0.6 is 0 Å². The summed E-state index contributed by atoms with van der Waals surface area (Å²) in [6, 6.07) is 0. The van der Waals surface area contributed by atoms with Gasteiger partial charge in [-0.2, -0.15) is 0 Å². The fraction of sp³-hybridized carbons (Fsp3) is 0.700. The number of carbonyl (C=O) groups is 1. The lowest BCUT2D eigenvalue weighted by Gasteiger charge is -2.16. The first-order chi connectivity index (χ1) is 5.00. The third kappa shape index (κ3) is 2.87. The van der Waals surface area contributed by atoms with Crippen LogP contribution in [0.2, 0.25) is 0 Å². The molecule has 11 heavy (non-hydrogen) atoms. The Morgan fingerprint density at radius 2 is 1.91 bits per heavy atom. The van der Waals surface area contributed by atoms with Crippen LogP contribution in [-0.2, 0) is 4.79 Å². The Balaban J connectivity index is 4.26. The molecule has 0 rings (SSSR count). The predicted molar refractivity (Wildman–Crippen MR) is 48.4 cm³/mol. The first kappa shape index (κ1) is 10.4. The summed E-state index contributed by atoms with van der Waals surface area (Å²) in [7, 11) is 0. The summed E-state index contributed by atoms with van der Waals surface area (Å²) in [6.07, 6.45) is 0.920. The van der Waals surface area contributed by atoms with E-state index in [0.29, 0.717) is 11.5 Å². The quantitative estimate of drug-likeness (QED) is 0.569. The lowest BCUT2D eigenvalue weighted by molar-refractivity contribution is -0.120. The van der Waals surface area contributed by atoms with Gasteiger partial charge in [-0.15, -0.1) is 0 Å². The minimum atomic E-state index is 0.174. The van der Waals surface area contributed by atoms with E-state index in [1.54, 1.807) is 6.92 Å². The highest BCUT2D eigenvalue weighted by molar-refractivity contribution is 5.96. The topological polar surface area (TPSA) is 17.1 Å². The van der Waals surface area contributed by atoms with Crippen molar-refractivity contribution in [2.75, 3.05) is 0 Å². The van der Waals surface area contributed by atoms with E-state index in [-0.39, 0.29) is 11.7 Å². The summed E-state index contributed by atoms with van der Waals surface area (Å²) in [4.78, 5) is 11.4. The monoisotopic (exact) mass is 154 g/mol. The maximum atomic E-state index is 11.4. The van der Waals surface area contributed by atoms with Crippen molar-refractivity contribution in [3.05, 3.63) is 12.2 Å². The lowest BCUT2D eigenvalue weighted by Crippen LogP contribution is -2.19. The second-order valence-corrected chi connectivity index (χ2v) is 3.40. The third-order valence-corrected chi connectivity index (χ3v) is 2.00. The Bertz CT molecular complexity index is 156. The molecule has 64 valence electrons. The molecule has 0 aliphatic heterocycles. The van der Waals surface area contributed by atoms with Crippen LogP contribution in [-0.4, -0.2) is 5.78 Å². The maximum Gasteiger partial charge on any atom is 0.161 e. The van der Waals surface area contributed by atoms with Gasteiger partial charge < -0.3 is 0 Å². The summed E-state index contributed by atoms with van der Waals surface area (Å²) in [6.45, 7) is 11.6. The Labute approximate surface area is 69.5 Å². The molecular formula is C10H18O. The normalized spacial score (nSPS) is 13.2. The van der Waals surface area contributed by atoms with E-state index in [1.165, 1.54) is 0 Å². The lowest BCUT2D eigenvalue weighted by atomic mass is 9.87. The average Bonchev–Trinajstić information content (AvgIpc) is 1.88. The van der Waals surface area contributed by atoms with Crippen molar-refractivity contribution in [1.29, 1.82) is 0 Å². The zero-order valence-electron chi connectivity index (χ0n) is 7.98. The van der Waals surface area contributed by atoms with Gasteiger partial charge in [-0.05, 0) is 24.8 Å². The second-order valence-electron chi connectivity index (χ2n) is 3.40. The van der Waals surface area contributed by atoms with Crippen LogP contribution in [0.25, 0.3) is 0 Å². The largest absolute Gasteiger partial charge is 0.294 e. The van der Waals surface area contributed by atoms with Gasteiger partial charge in [0.1, 0.15) is 0 Å². The molecule has 0 saturated carbocycles. The Morgan fingerprint density at radius 1 is 1.45 bits per heavy atom. The van der Waals surface area contributed by atoms with Gasteiger partial charge in [0.2, 0.25) is 0 Å². The number of hydrogen-bond donors (Lipinski definition) is 0. The molecular weight excluding hydrogens is 136 g/mol. The van der Waals surface area contributed by atoms with Crippen molar-refractivity contribution in [2.24, 2.45) is 11.8 Å². The first-order valence-corrected chi connectivity index (χ1v) is 4.20. The van der Waals surface area contributed by atoms with Crippen LogP contribution in [0, 0.1) is 11.8 Å². The minimum absolute atomic E-state index is 0.174. The van der Waals surface area contributed by atoms with Gasteiger partial charge >= 0.3 is 0 Å². The van der Waals surface area contributed by atoms with E-state index < -0.39 is 0 Å². The second kappa shape index (κ2) is 4.32. The molecule has 0 aromatic rings. The molecule has 0 radical (unpaired) electrons. The third-order valence-electron chi connectivity index (χ3n) is 2.00. The van der Waals surface area contributed by atoms with Gasteiger partial charge in [-0.25, -0.2) is 0 Å². The van der Waals surface area contributed by atoms with Gasteiger partial charge in [0.25, 0.3) is 0 Å². The zero-order chi connectivity index (χ0) is 9.02. The molecule has 0 bridgehead atoms. The van der Waals surface area contributed by atoms with Crippen LogP contribution in [0.1, 0.15) is 34.1 Å². The van der Waals surface area contributed by atoms with E-state index >= 15 is 0 Å².